The SMILES string of the molecule is CCC(C)C(C)NC(=O)C(OC)C(=O)O. The van der Waals surface area contributed by atoms with Crippen molar-refractivity contribution in [3.8, 4) is 0 Å². The van der Waals surface area contributed by atoms with Crippen LogP contribution < -0.4 is 5.32 Å². The van der Waals surface area contributed by atoms with Crippen LogP contribution in [0.2, 0.25) is 0 Å². The maximum absolute atomic E-state index is 11.4. The van der Waals surface area contributed by atoms with Gasteiger partial charge in [0.1, 0.15) is 0 Å². The van der Waals surface area contributed by atoms with Gasteiger partial charge in [-0.15, -0.1) is 0 Å². The van der Waals surface area contributed by atoms with Crippen LogP contribution in [0.4, 0.5) is 0 Å². The van der Waals surface area contributed by atoms with Crippen molar-refractivity contribution < 1.29 is 19.4 Å². The van der Waals surface area contributed by atoms with Crippen molar-refractivity contribution in [2.75, 3.05) is 7.11 Å². The molecule has 0 aromatic carbocycles. The molecule has 1 amide bonds. The summed E-state index contributed by atoms with van der Waals surface area (Å²) in [5, 5.41) is 11.3. The zero-order valence-electron chi connectivity index (χ0n) is 9.61. The van der Waals surface area contributed by atoms with E-state index < -0.39 is 18.0 Å². The van der Waals surface area contributed by atoms with Gasteiger partial charge in [-0.1, -0.05) is 20.3 Å². The van der Waals surface area contributed by atoms with Gasteiger partial charge in [-0.2, -0.15) is 0 Å². The Bertz CT molecular complexity index is 229. The molecule has 88 valence electrons. The molecule has 0 aromatic rings. The van der Waals surface area contributed by atoms with Gasteiger partial charge >= 0.3 is 5.97 Å². The van der Waals surface area contributed by atoms with Gasteiger partial charge in [0.15, 0.2) is 0 Å². The van der Waals surface area contributed by atoms with E-state index in [1.54, 1.807) is 0 Å². The van der Waals surface area contributed by atoms with Gasteiger partial charge in [-0.3, -0.25) is 4.79 Å². The van der Waals surface area contributed by atoms with Crippen LogP contribution in [-0.4, -0.2) is 36.2 Å². The van der Waals surface area contributed by atoms with Gasteiger partial charge in [0, 0.05) is 13.2 Å². The highest BCUT2D eigenvalue weighted by atomic mass is 16.5. The summed E-state index contributed by atoms with van der Waals surface area (Å²) in [7, 11) is 1.20. The number of hydrogen-bond acceptors (Lipinski definition) is 3. The molecule has 0 aliphatic heterocycles. The third-order valence-electron chi connectivity index (χ3n) is 2.57. The number of aliphatic carboxylic acids is 1. The highest BCUT2D eigenvalue weighted by Gasteiger charge is 2.27. The summed E-state index contributed by atoms with van der Waals surface area (Å²) in [6, 6.07) is -0.0560. The lowest BCUT2D eigenvalue weighted by molar-refractivity contribution is -0.155. The fourth-order valence-corrected chi connectivity index (χ4v) is 1.12. The molecule has 0 aromatic heterocycles. The Kier molecular flexibility index (Phi) is 5.93. The fraction of sp³-hybridized carbons (Fsp3) is 0.800. The molecule has 0 spiro atoms. The van der Waals surface area contributed by atoms with Gasteiger partial charge in [-0.25, -0.2) is 4.79 Å². The molecule has 0 radical (unpaired) electrons. The highest BCUT2D eigenvalue weighted by molar-refractivity contribution is 6.00. The number of methoxy groups -OCH3 is 1. The Morgan fingerprint density at radius 1 is 1.40 bits per heavy atom. The van der Waals surface area contributed by atoms with Crippen LogP contribution in [0.1, 0.15) is 27.2 Å². The van der Waals surface area contributed by atoms with Crippen LogP contribution in [0, 0.1) is 5.92 Å². The Morgan fingerprint density at radius 3 is 2.27 bits per heavy atom. The number of hydrogen-bond donors (Lipinski definition) is 2. The van der Waals surface area contributed by atoms with E-state index in [9.17, 15) is 9.59 Å². The molecule has 5 heteroatoms. The molecule has 3 atom stereocenters. The third-order valence-corrected chi connectivity index (χ3v) is 2.57. The van der Waals surface area contributed by atoms with Crippen molar-refractivity contribution in [3.05, 3.63) is 0 Å². The van der Waals surface area contributed by atoms with Crippen molar-refractivity contribution in [2.45, 2.75) is 39.3 Å². The minimum absolute atomic E-state index is 0.0560. The van der Waals surface area contributed by atoms with Crippen LogP contribution in [0.5, 0.6) is 0 Å². The Hall–Kier alpha value is -1.10. The molecule has 2 N–H and O–H groups in total. The van der Waals surface area contributed by atoms with Crippen molar-refractivity contribution in [3.63, 3.8) is 0 Å². The zero-order chi connectivity index (χ0) is 12.0. The number of carbonyl (C=O) groups is 2. The summed E-state index contributed by atoms with van der Waals surface area (Å²) in [5.41, 5.74) is 0. The quantitative estimate of drug-likeness (QED) is 0.640. The van der Waals surface area contributed by atoms with E-state index in [0.717, 1.165) is 6.42 Å². The summed E-state index contributed by atoms with van der Waals surface area (Å²) in [6.45, 7) is 5.85. The number of carboxylic acids is 1. The normalized spacial score (nSPS) is 16.5. The molecular weight excluding hydrogens is 198 g/mol. The molecule has 3 unspecified atom stereocenters. The van der Waals surface area contributed by atoms with Crippen LogP contribution in [0.3, 0.4) is 0 Å². The summed E-state index contributed by atoms with van der Waals surface area (Å²) < 4.78 is 4.58. The first kappa shape index (κ1) is 13.9. The molecule has 0 rings (SSSR count). The van der Waals surface area contributed by atoms with Gasteiger partial charge < -0.3 is 15.2 Å². The van der Waals surface area contributed by atoms with E-state index in [1.807, 2.05) is 20.8 Å². The predicted octanol–water partition coefficient (Wildman–Crippen LogP) is 0.637. The number of nitrogens with one attached hydrogen (secondary N) is 1. The standard InChI is InChI=1S/C10H19NO4/c1-5-6(2)7(3)11-9(12)8(15-4)10(13)14/h6-8H,5H2,1-4H3,(H,11,12)(H,13,14). The molecule has 5 nitrogen and oxygen atoms in total. The minimum atomic E-state index is -1.42. The van der Waals surface area contributed by atoms with E-state index in [1.165, 1.54) is 7.11 Å². The van der Waals surface area contributed by atoms with Crippen LogP contribution in [0.25, 0.3) is 0 Å². The fourth-order valence-electron chi connectivity index (χ4n) is 1.12. The predicted molar refractivity (Wildman–Crippen MR) is 55.5 cm³/mol. The van der Waals surface area contributed by atoms with Gasteiger partial charge in [0.2, 0.25) is 6.10 Å². The Labute approximate surface area is 89.8 Å². The zero-order valence-corrected chi connectivity index (χ0v) is 9.61. The topological polar surface area (TPSA) is 75.6 Å². The Balaban J connectivity index is 4.28. The maximum atomic E-state index is 11.4. The van der Waals surface area contributed by atoms with E-state index in [2.05, 4.69) is 10.1 Å². The minimum Gasteiger partial charge on any atom is -0.479 e. The van der Waals surface area contributed by atoms with E-state index in [-0.39, 0.29) is 6.04 Å². The van der Waals surface area contributed by atoms with Gasteiger partial charge in [0.25, 0.3) is 5.91 Å². The van der Waals surface area contributed by atoms with Crippen LogP contribution >= 0.6 is 0 Å². The Morgan fingerprint density at radius 2 is 1.93 bits per heavy atom. The first-order valence-corrected chi connectivity index (χ1v) is 5.00. The maximum Gasteiger partial charge on any atom is 0.342 e. The molecule has 15 heavy (non-hydrogen) atoms. The summed E-state index contributed by atoms with van der Waals surface area (Å²) >= 11 is 0. The summed E-state index contributed by atoms with van der Waals surface area (Å²) in [6.07, 6.45) is -0.497. The van der Waals surface area contributed by atoms with Crippen molar-refractivity contribution in [1.29, 1.82) is 0 Å². The first-order valence-electron chi connectivity index (χ1n) is 5.00. The van der Waals surface area contributed by atoms with Crippen LogP contribution in [0.15, 0.2) is 0 Å². The smallest absolute Gasteiger partial charge is 0.342 e. The highest BCUT2D eigenvalue weighted by Crippen LogP contribution is 2.07. The number of rotatable bonds is 6. The average molecular weight is 217 g/mol. The summed E-state index contributed by atoms with van der Waals surface area (Å²) in [4.78, 5) is 22.0. The van der Waals surface area contributed by atoms with Gasteiger partial charge in [0.05, 0.1) is 0 Å². The number of amides is 1. The monoisotopic (exact) mass is 217 g/mol. The van der Waals surface area contributed by atoms with E-state index in [4.69, 9.17) is 5.11 Å². The largest absolute Gasteiger partial charge is 0.479 e. The van der Waals surface area contributed by atoms with Crippen molar-refractivity contribution in [1.82, 2.24) is 5.32 Å². The second-order valence-electron chi connectivity index (χ2n) is 3.64. The molecule has 0 aliphatic rings. The number of carboxylic acid groups (broad SMARTS) is 1. The second-order valence-corrected chi connectivity index (χ2v) is 3.64. The first-order chi connectivity index (χ1) is 6.93. The molecule has 0 heterocycles. The lowest BCUT2D eigenvalue weighted by Crippen LogP contribution is -2.46. The lowest BCUT2D eigenvalue weighted by Gasteiger charge is -2.21. The van der Waals surface area contributed by atoms with Crippen molar-refractivity contribution >= 4 is 11.9 Å². The van der Waals surface area contributed by atoms with Crippen LogP contribution in [-0.2, 0) is 14.3 Å². The lowest BCUT2D eigenvalue weighted by atomic mass is 10.0. The average Bonchev–Trinajstić information content (AvgIpc) is 2.16. The molecule has 0 saturated heterocycles. The molecule has 0 bridgehead atoms. The molecule has 0 fully saturated rings. The van der Waals surface area contributed by atoms with Gasteiger partial charge in [-0.05, 0) is 12.8 Å². The number of carbonyl (C=O) groups excluding carboxylic acids is 1. The van der Waals surface area contributed by atoms with Crippen molar-refractivity contribution in [2.24, 2.45) is 5.92 Å². The van der Waals surface area contributed by atoms with E-state index in [0.29, 0.717) is 5.92 Å². The molecule has 0 aliphatic carbocycles. The third kappa shape index (κ3) is 4.29. The van der Waals surface area contributed by atoms with E-state index >= 15 is 0 Å². The second kappa shape index (κ2) is 6.40. The summed E-state index contributed by atoms with van der Waals surface area (Å²) in [5.74, 6) is -1.57. The number of ether oxygens (including phenoxy) is 1. The molecule has 0 saturated carbocycles. The molecular formula is C10H19NO4.